The van der Waals surface area contributed by atoms with Gasteiger partial charge in [0.25, 0.3) is 11.8 Å². The van der Waals surface area contributed by atoms with Crippen LogP contribution in [0, 0.1) is 5.92 Å². The lowest BCUT2D eigenvalue weighted by atomic mass is 9.99. The molecule has 0 radical (unpaired) electrons. The second kappa shape index (κ2) is 15.0. The van der Waals surface area contributed by atoms with Crippen LogP contribution in [0.4, 0.5) is 0 Å². The van der Waals surface area contributed by atoms with Crippen molar-refractivity contribution in [2.45, 2.75) is 78.3 Å². The van der Waals surface area contributed by atoms with E-state index in [1.807, 2.05) is 36.4 Å². The predicted octanol–water partition coefficient (Wildman–Crippen LogP) is 6.21. The van der Waals surface area contributed by atoms with Crippen LogP contribution in [0.5, 0.6) is 0 Å². The van der Waals surface area contributed by atoms with Crippen LogP contribution in [0.15, 0.2) is 48.5 Å². The first-order valence-corrected chi connectivity index (χ1v) is 14.4. The molecule has 0 aliphatic carbocycles. The standard InChI is InChI=1S/C32H47N3O3/c1-6-7-8-9-26-10-14-29(15-11-26)32(37)35(30-19-22-34(23-20-30)21-18-25(2)3)24-27-12-16-28(17-13-27)31(36)33(4)38-5/h10-17,25,30H,6-9,18-24H2,1-5H3. The summed E-state index contributed by atoms with van der Waals surface area (Å²) < 4.78 is 0. The summed E-state index contributed by atoms with van der Waals surface area (Å²) in [6.45, 7) is 10.5. The van der Waals surface area contributed by atoms with E-state index < -0.39 is 0 Å². The summed E-state index contributed by atoms with van der Waals surface area (Å²) in [6.07, 6.45) is 7.86. The van der Waals surface area contributed by atoms with E-state index >= 15 is 0 Å². The number of rotatable bonds is 13. The fourth-order valence-corrected chi connectivity index (χ4v) is 5.04. The van der Waals surface area contributed by atoms with E-state index in [9.17, 15) is 9.59 Å². The van der Waals surface area contributed by atoms with E-state index in [1.165, 1.54) is 43.4 Å². The summed E-state index contributed by atoms with van der Waals surface area (Å²) in [4.78, 5) is 35.9. The Hall–Kier alpha value is -2.70. The Morgan fingerprint density at radius 1 is 0.921 bits per heavy atom. The Kier molecular flexibility index (Phi) is 11.8. The van der Waals surface area contributed by atoms with Crippen LogP contribution < -0.4 is 0 Å². The Bertz CT molecular complexity index is 996. The van der Waals surface area contributed by atoms with Crippen molar-refractivity contribution in [2.75, 3.05) is 33.8 Å². The second-order valence-electron chi connectivity index (χ2n) is 11.0. The normalized spacial score (nSPS) is 14.6. The highest BCUT2D eigenvalue weighted by Crippen LogP contribution is 2.23. The zero-order valence-corrected chi connectivity index (χ0v) is 24.1. The molecule has 1 aliphatic rings. The SMILES string of the molecule is CCCCCc1ccc(C(=O)N(Cc2ccc(C(=O)N(C)OC)cc2)C2CCN(CCC(C)C)CC2)cc1. The Morgan fingerprint density at radius 2 is 1.50 bits per heavy atom. The van der Waals surface area contributed by atoms with E-state index in [0.717, 1.165) is 50.0 Å². The molecule has 0 atom stereocenters. The van der Waals surface area contributed by atoms with Crippen LogP contribution >= 0.6 is 0 Å². The number of nitrogens with zero attached hydrogens (tertiary/aromatic N) is 3. The quantitative estimate of drug-likeness (QED) is 0.232. The number of hydrogen-bond acceptors (Lipinski definition) is 4. The maximum Gasteiger partial charge on any atom is 0.277 e. The van der Waals surface area contributed by atoms with Gasteiger partial charge in [0, 0.05) is 43.9 Å². The van der Waals surface area contributed by atoms with Crippen LogP contribution in [0.3, 0.4) is 0 Å². The maximum atomic E-state index is 13.9. The number of hydroxylamine groups is 2. The van der Waals surface area contributed by atoms with Gasteiger partial charge in [0.15, 0.2) is 0 Å². The topological polar surface area (TPSA) is 53.1 Å². The fourth-order valence-electron chi connectivity index (χ4n) is 5.04. The molecule has 1 fully saturated rings. The average Bonchev–Trinajstić information content (AvgIpc) is 2.95. The van der Waals surface area contributed by atoms with Crippen LogP contribution in [-0.4, -0.2) is 66.5 Å². The van der Waals surface area contributed by atoms with Gasteiger partial charge < -0.3 is 9.80 Å². The van der Waals surface area contributed by atoms with E-state index in [1.54, 1.807) is 7.05 Å². The Morgan fingerprint density at radius 3 is 2.05 bits per heavy atom. The minimum absolute atomic E-state index is 0.0880. The molecule has 38 heavy (non-hydrogen) atoms. The van der Waals surface area contributed by atoms with Crippen LogP contribution in [-0.2, 0) is 17.8 Å². The number of carbonyl (C=O) groups excluding carboxylic acids is 2. The van der Waals surface area contributed by atoms with Crippen molar-refractivity contribution in [3.8, 4) is 0 Å². The summed E-state index contributed by atoms with van der Waals surface area (Å²) >= 11 is 0. The van der Waals surface area contributed by atoms with E-state index in [2.05, 4.69) is 42.7 Å². The third-order valence-electron chi connectivity index (χ3n) is 7.66. The first-order chi connectivity index (χ1) is 18.3. The first-order valence-electron chi connectivity index (χ1n) is 14.4. The molecule has 1 aliphatic heterocycles. The lowest BCUT2D eigenvalue weighted by Crippen LogP contribution is -2.47. The average molecular weight is 522 g/mol. The van der Waals surface area contributed by atoms with Gasteiger partial charge in [-0.2, -0.15) is 0 Å². The summed E-state index contributed by atoms with van der Waals surface area (Å²) in [5.74, 6) is 0.596. The lowest BCUT2D eigenvalue weighted by molar-refractivity contribution is -0.0757. The molecular weight excluding hydrogens is 474 g/mol. The number of amides is 2. The van der Waals surface area contributed by atoms with Crippen molar-refractivity contribution < 1.29 is 14.4 Å². The highest BCUT2D eigenvalue weighted by molar-refractivity contribution is 5.95. The summed E-state index contributed by atoms with van der Waals surface area (Å²) in [5, 5.41) is 1.21. The third-order valence-corrected chi connectivity index (χ3v) is 7.66. The molecule has 0 spiro atoms. The molecular formula is C32H47N3O3. The zero-order valence-electron chi connectivity index (χ0n) is 24.1. The molecule has 0 aromatic heterocycles. The summed E-state index contributed by atoms with van der Waals surface area (Å²) in [7, 11) is 3.07. The molecule has 208 valence electrons. The van der Waals surface area contributed by atoms with Crippen LogP contribution in [0.1, 0.15) is 91.1 Å². The van der Waals surface area contributed by atoms with Crippen molar-refractivity contribution in [2.24, 2.45) is 5.92 Å². The summed E-state index contributed by atoms with van der Waals surface area (Å²) in [5.41, 5.74) is 3.63. The predicted molar refractivity (Wildman–Crippen MR) is 154 cm³/mol. The second-order valence-corrected chi connectivity index (χ2v) is 11.0. The van der Waals surface area contributed by atoms with Gasteiger partial charge in [0.1, 0.15) is 0 Å². The van der Waals surface area contributed by atoms with E-state index in [4.69, 9.17) is 4.84 Å². The number of likely N-dealkylation sites (tertiary alicyclic amines) is 1. The maximum absolute atomic E-state index is 13.9. The first kappa shape index (κ1) is 29.9. The monoisotopic (exact) mass is 521 g/mol. The third kappa shape index (κ3) is 8.67. The number of carbonyl (C=O) groups is 2. The van der Waals surface area contributed by atoms with Gasteiger partial charge in [0.2, 0.25) is 0 Å². The van der Waals surface area contributed by atoms with Gasteiger partial charge in [0.05, 0.1) is 7.11 Å². The van der Waals surface area contributed by atoms with Crippen molar-refractivity contribution >= 4 is 11.8 Å². The molecule has 1 heterocycles. The van der Waals surface area contributed by atoms with Gasteiger partial charge >= 0.3 is 0 Å². The largest absolute Gasteiger partial charge is 0.331 e. The smallest absolute Gasteiger partial charge is 0.277 e. The molecule has 2 aromatic rings. The zero-order chi connectivity index (χ0) is 27.5. The highest BCUT2D eigenvalue weighted by atomic mass is 16.7. The number of unbranched alkanes of at least 4 members (excludes halogenated alkanes) is 2. The number of hydrogen-bond donors (Lipinski definition) is 0. The molecule has 0 unspecified atom stereocenters. The van der Waals surface area contributed by atoms with Gasteiger partial charge in [-0.05, 0) is 80.0 Å². The molecule has 0 N–H and O–H groups in total. The molecule has 6 heteroatoms. The fraction of sp³-hybridized carbons (Fsp3) is 0.562. The van der Waals surface area contributed by atoms with E-state index in [-0.39, 0.29) is 17.9 Å². The Labute approximate surface area is 229 Å². The minimum atomic E-state index is -0.195. The molecule has 0 saturated carbocycles. The molecule has 6 nitrogen and oxygen atoms in total. The van der Waals surface area contributed by atoms with Gasteiger partial charge in [-0.25, -0.2) is 5.06 Å². The minimum Gasteiger partial charge on any atom is -0.331 e. The molecule has 1 saturated heterocycles. The van der Waals surface area contributed by atoms with Crippen LogP contribution in [0.2, 0.25) is 0 Å². The number of benzene rings is 2. The molecule has 2 amide bonds. The van der Waals surface area contributed by atoms with Crippen molar-refractivity contribution in [1.29, 1.82) is 0 Å². The molecule has 2 aromatic carbocycles. The van der Waals surface area contributed by atoms with Crippen molar-refractivity contribution in [3.63, 3.8) is 0 Å². The van der Waals surface area contributed by atoms with E-state index in [0.29, 0.717) is 18.0 Å². The van der Waals surface area contributed by atoms with Crippen molar-refractivity contribution in [3.05, 3.63) is 70.8 Å². The molecule has 3 rings (SSSR count). The van der Waals surface area contributed by atoms with Gasteiger partial charge in [-0.15, -0.1) is 0 Å². The van der Waals surface area contributed by atoms with Gasteiger partial charge in [-0.3, -0.25) is 14.4 Å². The number of piperidine rings is 1. The Balaban J connectivity index is 1.74. The van der Waals surface area contributed by atoms with Gasteiger partial charge in [-0.1, -0.05) is 57.9 Å². The summed E-state index contributed by atoms with van der Waals surface area (Å²) in [6, 6.07) is 15.9. The lowest BCUT2D eigenvalue weighted by Gasteiger charge is -2.39. The van der Waals surface area contributed by atoms with Crippen molar-refractivity contribution in [1.82, 2.24) is 14.9 Å². The number of aryl methyl sites for hydroxylation is 1. The highest BCUT2D eigenvalue weighted by Gasteiger charge is 2.29. The van der Waals surface area contributed by atoms with Crippen LogP contribution in [0.25, 0.3) is 0 Å². The molecule has 0 bridgehead atoms.